The molecule has 1 aliphatic carbocycles. The molecule has 0 aromatic heterocycles. The second-order valence-electron chi connectivity index (χ2n) is 8.45. The van der Waals surface area contributed by atoms with E-state index in [1.165, 1.54) is 30.3 Å². The summed E-state index contributed by atoms with van der Waals surface area (Å²) in [6, 6.07) is 20.1. The highest BCUT2D eigenvalue weighted by molar-refractivity contribution is 7.86. The highest BCUT2D eigenvalue weighted by Gasteiger charge is 2.36. The van der Waals surface area contributed by atoms with Crippen molar-refractivity contribution in [1.29, 1.82) is 0 Å². The summed E-state index contributed by atoms with van der Waals surface area (Å²) in [5.41, 5.74) is 5.86. The zero-order valence-corrected chi connectivity index (χ0v) is 20.2. The first-order valence-electron chi connectivity index (χ1n) is 11.1. The largest absolute Gasteiger partial charge is 0.478 e. The van der Waals surface area contributed by atoms with Crippen LogP contribution in [0.25, 0.3) is 0 Å². The average molecular weight is 530 g/mol. The molecular formula is C27H19N3O7S. The van der Waals surface area contributed by atoms with Crippen LogP contribution in [-0.2, 0) is 10.1 Å². The predicted octanol–water partition coefficient (Wildman–Crippen LogP) is 4.48. The molecule has 11 heteroatoms. The molecule has 0 radical (unpaired) electrons. The minimum absolute atomic E-state index is 0.0413. The monoisotopic (exact) mass is 529 g/mol. The molecule has 0 heterocycles. The SMILES string of the molecule is Nc1c(S(=O)(=O)O)cc(Nc2ccc(Nc3ccccc3)c(C(=O)O)c2)c2c1C(=O)c1ccccc1C2=O. The van der Waals surface area contributed by atoms with Gasteiger partial charge in [0.05, 0.1) is 33.8 Å². The number of rotatable bonds is 6. The van der Waals surface area contributed by atoms with Gasteiger partial charge < -0.3 is 21.5 Å². The van der Waals surface area contributed by atoms with Crippen molar-refractivity contribution < 1.29 is 32.5 Å². The van der Waals surface area contributed by atoms with Gasteiger partial charge in [-0.25, -0.2) is 4.79 Å². The number of nitrogen functional groups attached to an aromatic ring is 1. The van der Waals surface area contributed by atoms with Crippen molar-refractivity contribution in [2.24, 2.45) is 0 Å². The summed E-state index contributed by atoms with van der Waals surface area (Å²) in [5, 5.41) is 15.7. The molecule has 6 N–H and O–H groups in total. The molecule has 38 heavy (non-hydrogen) atoms. The number of carbonyl (C=O) groups is 3. The van der Waals surface area contributed by atoms with E-state index in [4.69, 9.17) is 5.73 Å². The molecule has 0 unspecified atom stereocenters. The number of para-hydroxylation sites is 1. The molecule has 4 aromatic carbocycles. The van der Waals surface area contributed by atoms with Gasteiger partial charge in [0, 0.05) is 22.5 Å². The van der Waals surface area contributed by atoms with Crippen molar-refractivity contribution in [3.05, 3.63) is 107 Å². The third kappa shape index (κ3) is 4.25. The Balaban J connectivity index is 1.65. The zero-order chi connectivity index (χ0) is 27.2. The molecule has 0 atom stereocenters. The summed E-state index contributed by atoms with van der Waals surface area (Å²) in [4.78, 5) is 38.0. The normalized spacial score (nSPS) is 12.4. The number of carbonyl (C=O) groups excluding carboxylic acids is 2. The van der Waals surface area contributed by atoms with Crippen molar-refractivity contribution in [3.63, 3.8) is 0 Å². The Hall–Kier alpha value is -5.00. The van der Waals surface area contributed by atoms with Crippen molar-refractivity contribution in [1.82, 2.24) is 0 Å². The number of hydrogen-bond donors (Lipinski definition) is 5. The van der Waals surface area contributed by atoms with Gasteiger partial charge in [-0.15, -0.1) is 0 Å². The second-order valence-corrected chi connectivity index (χ2v) is 9.84. The predicted molar refractivity (Wildman–Crippen MR) is 140 cm³/mol. The summed E-state index contributed by atoms with van der Waals surface area (Å²) in [5.74, 6) is -2.52. The summed E-state index contributed by atoms with van der Waals surface area (Å²) >= 11 is 0. The molecule has 190 valence electrons. The number of benzene rings is 4. The van der Waals surface area contributed by atoms with Crippen molar-refractivity contribution in [2.75, 3.05) is 16.4 Å². The lowest BCUT2D eigenvalue weighted by molar-refractivity contribution is 0.0697. The fourth-order valence-electron chi connectivity index (χ4n) is 4.35. The molecule has 0 saturated carbocycles. The highest BCUT2D eigenvalue weighted by atomic mass is 32.2. The lowest BCUT2D eigenvalue weighted by atomic mass is 9.82. The fraction of sp³-hybridized carbons (Fsp3) is 0. The molecule has 0 aliphatic heterocycles. The van der Waals surface area contributed by atoms with Gasteiger partial charge in [-0.3, -0.25) is 14.1 Å². The van der Waals surface area contributed by atoms with E-state index in [0.717, 1.165) is 6.07 Å². The van der Waals surface area contributed by atoms with E-state index in [2.05, 4.69) is 10.6 Å². The van der Waals surface area contributed by atoms with Gasteiger partial charge >= 0.3 is 5.97 Å². The van der Waals surface area contributed by atoms with Crippen LogP contribution < -0.4 is 16.4 Å². The Kier molecular flexibility index (Phi) is 5.94. The lowest BCUT2D eigenvalue weighted by Crippen LogP contribution is -2.25. The minimum atomic E-state index is -4.90. The van der Waals surface area contributed by atoms with Crippen LogP contribution in [0.1, 0.15) is 42.2 Å². The number of nitrogens with one attached hydrogen (secondary N) is 2. The molecule has 0 bridgehead atoms. The maximum atomic E-state index is 13.4. The van der Waals surface area contributed by atoms with Crippen LogP contribution in [0, 0.1) is 0 Å². The van der Waals surface area contributed by atoms with Crippen LogP contribution in [-0.4, -0.2) is 35.6 Å². The van der Waals surface area contributed by atoms with E-state index in [0.29, 0.717) is 5.69 Å². The maximum Gasteiger partial charge on any atom is 0.337 e. The third-order valence-corrected chi connectivity index (χ3v) is 6.95. The van der Waals surface area contributed by atoms with E-state index in [1.54, 1.807) is 36.4 Å². The van der Waals surface area contributed by atoms with E-state index in [9.17, 15) is 32.5 Å². The standard InChI is InChI=1S/C27H19N3O7S/c28-24-21(38(35,36)37)13-20(22-23(24)26(32)17-9-5-4-8-16(17)25(22)31)30-15-10-11-19(18(12-15)27(33)34)29-14-6-2-1-3-7-14/h1-13,29-30H,28H2,(H,33,34)(H,35,36,37). The summed E-state index contributed by atoms with van der Waals surface area (Å²) < 4.78 is 34.0. The number of anilines is 5. The fourth-order valence-corrected chi connectivity index (χ4v) is 4.99. The topological polar surface area (TPSA) is 176 Å². The molecule has 0 spiro atoms. The Morgan fingerprint density at radius 2 is 1.32 bits per heavy atom. The Morgan fingerprint density at radius 3 is 1.92 bits per heavy atom. The van der Waals surface area contributed by atoms with Crippen LogP contribution in [0.3, 0.4) is 0 Å². The van der Waals surface area contributed by atoms with Crippen molar-refractivity contribution in [2.45, 2.75) is 4.90 Å². The summed E-state index contributed by atoms with van der Waals surface area (Å²) in [7, 11) is -4.90. The first kappa shape index (κ1) is 24.7. The molecule has 10 nitrogen and oxygen atoms in total. The van der Waals surface area contributed by atoms with E-state index in [-0.39, 0.29) is 44.9 Å². The molecule has 4 aromatic rings. The van der Waals surface area contributed by atoms with Crippen LogP contribution in [0.15, 0.2) is 83.8 Å². The van der Waals surface area contributed by atoms with E-state index >= 15 is 0 Å². The Morgan fingerprint density at radius 1 is 0.737 bits per heavy atom. The molecule has 5 rings (SSSR count). The highest BCUT2D eigenvalue weighted by Crippen LogP contribution is 2.40. The molecule has 0 fully saturated rings. The Bertz CT molecular complexity index is 1770. The van der Waals surface area contributed by atoms with Crippen LogP contribution in [0.4, 0.5) is 28.4 Å². The number of nitrogens with two attached hydrogens (primary N) is 1. The average Bonchev–Trinajstić information content (AvgIpc) is 2.88. The van der Waals surface area contributed by atoms with E-state index < -0.39 is 38.2 Å². The zero-order valence-electron chi connectivity index (χ0n) is 19.4. The van der Waals surface area contributed by atoms with Crippen LogP contribution in [0.5, 0.6) is 0 Å². The lowest BCUT2D eigenvalue weighted by Gasteiger charge is -2.24. The molecule has 0 saturated heterocycles. The molecule has 0 amide bonds. The second kappa shape index (κ2) is 9.14. The first-order chi connectivity index (χ1) is 18.1. The number of ketones is 2. The first-order valence-corrected chi connectivity index (χ1v) is 12.6. The number of aromatic carboxylic acids is 1. The number of carboxylic acids is 1. The van der Waals surface area contributed by atoms with Gasteiger partial charge in [0.2, 0.25) is 0 Å². The summed E-state index contributed by atoms with van der Waals surface area (Å²) in [6.07, 6.45) is 0. The molecular weight excluding hydrogens is 510 g/mol. The smallest absolute Gasteiger partial charge is 0.337 e. The quantitative estimate of drug-likeness (QED) is 0.156. The minimum Gasteiger partial charge on any atom is -0.478 e. The van der Waals surface area contributed by atoms with Crippen LogP contribution >= 0.6 is 0 Å². The van der Waals surface area contributed by atoms with Gasteiger partial charge in [0.25, 0.3) is 10.1 Å². The van der Waals surface area contributed by atoms with Crippen molar-refractivity contribution >= 4 is 56.1 Å². The number of hydrogen-bond acceptors (Lipinski definition) is 8. The van der Waals surface area contributed by atoms with E-state index in [1.807, 2.05) is 6.07 Å². The molecule has 1 aliphatic rings. The van der Waals surface area contributed by atoms with Gasteiger partial charge in [-0.2, -0.15) is 8.42 Å². The number of carboxylic acid groups (broad SMARTS) is 1. The summed E-state index contributed by atoms with van der Waals surface area (Å²) in [6.45, 7) is 0. The third-order valence-electron chi connectivity index (χ3n) is 6.06. The van der Waals surface area contributed by atoms with Crippen LogP contribution in [0.2, 0.25) is 0 Å². The van der Waals surface area contributed by atoms with Gasteiger partial charge in [-0.05, 0) is 36.4 Å². The number of fused-ring (bicyclic) bond motifs is 2. The van der Waals surface area contributed by atoms with Gasteiger partial charge in [0.1, 0.15) is 4.90 Å². The van der Waals surface area contributed by atoms with Gasteiger partial charge in [0.15, 0.2) is 11.6 Å². The maximum absolute atomic E-state index is 13.4. The van der Waals surface area contributed by atoms with Crippen molar-refractivity contribution in [3.8, 4) is 0 Å². The Labute approximate surface area is 216 Å². The van der Waals surface area contributed by atoms with Gasteiger partial charge in [-0.1, -0.05) is 42.5 Å².